The second kappa shape index (κ2) is 9.92. The summed E-state index contributed by atoms with van der Waals surface area (Å²) in [6.45, 7) is 2.34. The molecule has 2 heterocycles. The first-order valence-electron chi connectivity index (χ1n) is 11.0. The van der Waals surface area contributed by atoms with Crippen molar-refractivity contribution in [1.29, 1.82) is 0 Å². The van der Waals surface area contributed by atoms with Gasteiger partial charge in [-0.1, -0.05) is 30.2 Å². The number of thiazole rings is 1. The minimum Gasteiger partial charge on any atom is -0.497 e. The first-order chi connectivity index (χ1) is 15.4. The third-order valence-corrected chi connectivity index (χ3v) is 7.31. The molecule has 1 aliphatic rings. The molecule has 1 N–H and O–H groups in total. The fourth-order valence-electron chi connectivity index (χ4n) is 4.28. The van der Waals surface area contributed by atoms with Crippen molar-refractivity contribution < 1.29 is 19.0 Å². The average molecular weight is 459 g/mol. The molecule has 172 valence electrons. The Morgan fingerprint density at radius 2 is 2.19 bits per heavy atom. The van der Waals surface area contributed by atoms with Gasteiger partial charge in [0.2, 0.25) is 11.8 Å². The van der Waals surface area contributed by atoms with E-state index in [4.69, 9.17) is 13.9 Å². The largest absolute Gasteiger partial charge is 0.497 e. The number of rotatable bonds is 8. The maximum Gasteiger partial charge on any atom is 0.309 e. The van der Waals surface area contributed by atoms with Gasteiger partial charge in [-0.2, -0.15) is 0 Å². The van der Waals surface area contributed by atoms with Crippen LogP contribution in [0.4, 0.5) is 0 Å². The molecule has 3 aromatic rings. The van der Waals surface area contributed by atoms with Crippen molar-refractivity contribution >= 4 is 11.3 Å². The molecule has 2 unspecified atom stereocenters. The molecule has 1 fully saturated rings. The smallest absolute Gasteiger partial charge is 0.309 e. The Morgan fingerprint density at radius 3 is 2.94 bits per heavy atom. The summed E-state index contributed by atoms with van der Waals surface area (Å²) in [6.07, 6.45) is 6.19. The van der Waals surface area contributed by atoms with E-state index in [2.05, 4.69) is 4.98 Å². The van der Waals surface area contributed by atoms with E-state index in [1.807, 2.05) is 31.2 Å². The van der Waals surface area contributed by atoms with Gasteiger partial charge in [0.05, 0.1) is 24.7 Å². The molecule has 4 rings (SSSR count). The van der Waals surface area contributed by atoms with Crippen LogP contribution in [0.2, 0.25) is 0 Å². The van der Waals surface area contributed by atoms with Crippen LogP contribution < -0.4 is 9.61 Å². The number of oxazole rings is 1. The molecule has 0 spiro atoms. The summed E-state index contributed by atoms with van der Waals surface area (Å²) < 4.78 is 18.7. The minimum absolute atomic E-state index is 0.108. The van der Waals surface area contributed by atoms with Crippen molar-refractivity contribution in [3.63, 3.8) is 0 Å². The third kappa shape index (κ3) is 5.07. The van der Waals surface area contributed by atoms with Crippen LogP contribution in [0.3, 0.4) is 0 Å². The van der Waals surface area contributed by atoms with E-state index in [9.17, 15) is 9.90 Å². The van der Waals surface area contributed by atoms with Crippen molar-refractivity contribution in [3.05, 3.63) is 50.3 Å². The van der Waals surface area contributed by atoms with E-state index in [0.717, 1.165) is 77.5 Å². The van der Waals surface area contributed by atoms with Crippen LogP contribution in [0.15, 0.2) is 33.5 Å². The maximum atomic E-state index is 11.7. The lowest BCUT2D eigenvalue weighted by molar-refractivity contribution is -0.000497. The summed E-state index contributed by atoms with van der Waals surface area (Å²) in [4.78, 5) is 17.0. The van der Waals surface area contributed by atoms with Crippen molar-refractivity contribution in [2.24, 2.45) is 13.0 Å². The number of hydrogen-bond acceptors (Lipinski definition) is 7. The van der Waals surface area contributed by atoms with E-state index in [1.54, 1.807) is 14.2 Å². The van der Waals surface area contributed by atoms with Gasteiger partial charge >= 0.3 is 4.87 Å². The molecule has 2 atom stereocenters. The van der Waals surface area contributed by atoms with E-state index < -0.39 is 0 Å². The number of ether oxygens (including phenoxy) is 2. The quantitative estimate of drug-likeness (QED) is 0.520. The molecule has 1 aromatic carbocycles. The van der Waals surface area contributed by atoms with Gasteiger partial charge in [-0.3, -0.25) is 9.36 Å². The Kier molecular flexibility index (Phi) is 7.01. The van der Waals surface area contributed by atoms with Gasteiger partial charge in [0, 0.05) is 12.6 Å². The molecule has 0 radical (unpaired) electrons. The molecule has 0 amide bonds. The van der Waals surface area contributed by atoms with Crippen molar-refractivity contribution in [2.75, 3.05) is 7.11 Å². The summed E-state index contributed by atoms with van der Waals surface area (Å²) in [5.41, 5.74) is 1.70. The van der Waals surface area contributed by atoms with Gasteiger partial charge in [0.15, 0.2) is 0 Å². The van der Waals surface area contributed by atoms with Gasteiger partial charge < -0.3 is 19.0 Å². The monoisotopic (exact) mass is 458 g/mol. The van der Waals surface area contributed by atoms with Crippen molar-refractivity contribution in [1.82, 2.24) is 9.55 Å². The molecule has 32 heavy (non-hydrogen) atoms. The van der Waals surface area contributed by atoms with Crippen LogP contribution in [-0.4, -0.2) is 27.9 Å². The van der Waals surface area contributed by atoms with Crippen LogP contribution in [0.5, 0.6) is 11.6 Å². The van der Waals surface area contributed by atoms with E-state index in [-0.39, 0.29) is 16.9 Å². The fourth-order valence-corrected chi connectivity index (χ4v) is 5.17. The Hall–Kier alpha value is -2.58. The van der Waals surface area contributed by atoms with Crippen molar-refractivity contribution in [2.45, 2.75) is 58.2 Å². The van der Waals surface area contributed by atoms with Crippen LogP contribution in [-0.2, 0) is 24.8 Å². The zero-order valence-corrected chi connectivity index (χ0v) is 19.6. The van der Waals surface area contributed by atoms with E-state index in [0.29, 0.717) is 18.4 Å². The van der Waals surface area contributed by atoms with Gasteiger partial charge in [0.25, 0.3) is 0 Å². The summed E-state index contributed by atoms with van der Waals surface area (Å²) in [5, 5.41) is 10.1. The number of benzene rings is 1. The molecule has 0 bridgehead atoms. The van der Waals surface area contributed by atoms with Crippen LogP contribution in [0.25, 0.3) is 11.5 Å². The highest BCUT2D eigenvalue weighted by molar-refractivity contribution is 7.09. The Labute approximate surface area is 191 Å². The average Bonchev–Trinajstić information content (AvgIpc) is 3.30. The normalized spacial score (nSPS) is 18.7. The SMILES string of the molecule is COc1cccc(-c2nc(COC3CCCC(CCc4sc(=O)n(C)c4O)C3)c(C)o2)c1. The number of hydrogen-bond donors (Lipinski definition) is 1. The standard InChI is InChI=1S/C24H30N2O5S/c1-15-20(25-22(31-15)17-7-5-8-18(13-17)29-3)14-30-19-9-4-6-16(12-19)10-11-21-23(27)26(2)24(28)32-21/h5,7-8,13,16,19,27H,4,6,9-12,14H2,1-3H3. The lowest BCUT2D eigenvalue weighted by atomic mass is 9.84. The molecule has 8 heteroatoms. The van der Waals surface area contributed by atoms with Crippen LogP contribution in [0, 0.1) is 12.8 Å². The Balaban J connectivity index is 1.32. The zero-order valence-electron chi connectivity index (χ0n) is 18.8. The zero-order chi connectivity index (χ0) is 22.7. The van der Waals surface area contributed by atoms with E-state index in [1.165, 1.54) is 4.57 Å². The molecular weight excluding hydrogens is 428 g/mol. The first kappa shape index (κ1) is 22.6. The summed E-state index contributed by atoms with van der Waals surface area (Å²) in [5.74, 6) is 2.74. The molecule has 0 aliphatic heterocycles. The molecule has 1 aliphatic carbocycles. The number of aryl methyl sites for hydroxylation is 2. The molecule has 7 nitrogen and oxygen atoms in total. The Morgan fingerprint density at radius 1 is 1.34 bits per heavy atom. The van der Waals surface area contributed by atoms with E-state index >= 15 is 0 Å². The number of aromatic nitrogens is 2. The third-order valence-electron chi connectivity index (χ3n) is 6.23. The fraction of sp³-hybridized carbons (Fsp3) is 0.500. The topological polar surface area (TPSA) is 86.7 Å². The first-order valence-corrected chi connectivity index (χ1v) is 11.9. The number of nitrogens with zero attached hydrogens (tertiary/aromatic N) is 2. The summed E-state index contributed by atoms with van der Waals surface area (Å²) in [7, 11) is 3.24. The van der Waals surface area contributed by atoms with Crippen molar-refractivity contribution in [3.8, 4) is 23.1 Å². The molecular formula is C24H30N2O5S. The van der Waals surface area contributed by atoms with Gasteiger partial charge in [-0.15, -0.1) is 0 Å². The molecule has 2 aromatic heterocycles. The summed E-state index contributed by atoms with van der Waals surface area (Å²) in [6, 6.07) is 7.66. The van der Waals surface area contributed by atoms with Crippen LogP contribution >= 0.6 is 11.3 Å². The second-order valence-electron chi connectivity index (χ2n) is 8.43. The minimum atomic E-state index is -0.112. The highest BCUT2D eigenvalue weighted by Crippen LogP contribution is 2.32. The number of methoxy groups -OCH3 is 1. The lowest BCUT2D eigenvalue weighted by Gasteiger charge is -2.29. The highest BCUT2D eigenvalue weighted by atomic mass is 32.1. The van der Waals surface area contributed by atoms with Crippen LogP contribution in [0.1, 0.15) is 48.4 Å². The predicted molar refractivity (Wildman–Crippen MR) is 123 cm³/mol. The molecule has 1 saturated carbocycles. The second-order valence-corrected chi connectivity index (χ2v) is 9.48. The van der Waals surface area contributed by atoms with Gasteiger partial charge in [-0.05, 0) is 56.7 Å². The number of aromatic hydroxyl groups is 1. The maximum absolute atomic E-state index is 11.7. The Bertz CT molecular complexity index is 1120. The predicted octanol–water partition coefficient (Wildman–Crippen LogP) is 4.83. The molecule has 0 saturated heterocycles. The van der Waals surface area contributed by atoms with Gasteiger partial charge in [0.1, 0.15) is 17.2 Å². The van der Waals surface area contributed by atoms with Gasteiger partial charge in [-0.25, -0.2) is 4.98 Å². The summed E-state index contributed by atoms with van der Waals surface area (Å²) >= 11 is 1.14. The highest BCUT2D eigenvalue weighted by Gasteiger charge is 2.24. The lowest BCUT2D eigenvalue weighted by Crippen LogP contribution is -2.23.